The van der Waals surface area contributed by atoms with E-state index in [9.17, 15) is 0 Å². The molecule has 0 radical (unpaired) electrons. The van der Waals surface area contributed by atoms with Gasteiger partial charge in [0, 0.05) is 12.3 Å². The van der Waals surface area contributed by atoms with Crippen LogP contribution in [0.25, 0.3) is 0 Å². The number of hydrogen-bond donors (Lipinski definition) is 0. The Balaban J connectivity index is 1.65. The molecule has 6 aliphatic rings. The maximum Gasteiger partial charge on any atom is 0.201 e. The van der Waals surface area contributed by atoms with Crippen molar-refractivity contribution in [1.82, 2.24) is 0 Å². The van der Waals surface area contributed by atoms with Gasteiger partial charge >= 0.3 is 0 Å². The molecule has 1 aliphatic carbocycles. The third kappa shape index (κ3) is 1.32. The second-order valence-corrected chi connectivity index (χ2v) is 7.52. The fourth-order valence-corrected chi connectivity index (χ4v) is 5.12. The first-order valence-electron chi connectivity index (χ1n) is 7.88. The molecule has 6 rings (SSSR count). The predicted octanol–water partition coefficient (Wildman–Crippen LogP) is 2.00. The standard InChI is InChI=1S/C15H22O5/c1-9-3-4-11-14(8-17-14)7-16-12-15(11)10(9)5-6-13(2,18-12)19-20-15/h9-12H,3-8H2,1-2H3/t9-,10+,11+,12-,13-,14-,15-/m1/s1. The van der Waals surface area contributed by atoms with Crippen molar-refractivity contribution in [2.24, 2.45) is 17.8 Å². The summed E-state index contributed by atoms with van der Waals surface area (Å²) in [5.74, 6) is 0.709. The highest BCUT2D eigenvalue weighted by atomic mass is 17.3. The summed E-state index contributed by atoms with van der Waals surface area (Å²) in [6.07, 6.45) is 3.97. The van der Waals surface area contributed by atoms with Crippen molar-refractivity contribution in [1.29, 1.82) is 0 Å². The van der Waals surface area contributed by atoms with Crippen LogP contribution in [0.15, 0.2) is 0 Å². The number of epoxide rings is 1. The summed E-state index contributed by atoms with van der Waals surface area (Å²) in [5, 5.41) is 0. The average molecular weight is 282 g/mol. The predicted molar refractivity (Wildman–Crippen MR) is 67.4 cm³/mol. The molecule has 1 saturated carbocycles. The van der Waals surface area contributed by atoms with E-state index in [4.69, 9.17) is 24.0 Å². The summed E-state index contributed by atoms with van der Waals surface area (Å²) in [6.45, 7) is 5.70. The zero-order chi connectivity index (χ0) is 13.6. The van der Waals surface area contributed by atoms with Crippen LogP contribution < -0.4 is 0 Å². The van der Waals surface area contributed by atoms with Crippen LogP contribution >= 0.6 is 0 Å². The highest BCUT2D eigenvalue weighted by molar-refractivity contribution is 5.17. The lowest BCUT2D eigenvalue weighted by atomic mass is 9.58. The van der Waals surface area contributed by atoms with E-state index >= 15 is 0 Å². The largest absolute Gasteiger partial charge is 0.367 e. The monoisotopic (exact) mass is 282 g/mol. The van der Waals surface area contributed by atoms with Gasteiger partial charge in [0.1, 0.15) is 5.60 Å². The maximum atomic E-state index is 6.17. The van der Waals surface area contributed by atoms with Crippen molar-refractivity contribution >= 4 is 0 Å². The van der Waals surface area contributed by atoms with Gasteiger partial charge in [-0.25, -0.2) is 9.78 Å². The first-order chi connectivity index (χ1) is 9.58. The van der Waals surface area contributed by atoms with Gasteiger partial charge in [0.05, 0.1) is 13.2 Å². The molecule has 5 nitrogen and oxygen atoms in total. The Labute approximate surface area is 118 Å². The fraction of sp³-hybridized carbons (Fsp3) is 1.00. The van der Waals surface area contributed by atoms with Crippen molar-refractivity contribution in [3.05, 3.63) is 0 Å². The van der Waals surface area contributed by atoms with E-state index in [1.807, 2.05) is 6.92 Å². The molecule has 0 unspecified atom stereocenters. The first-order valence-corrected chi connectivity index (χ1v) is 7.88. The topological polar surface area (TPSA) is 49.5 Å². The van der Waals surface area contributed by atoms with Crippen LogP contribution in [0.2, 0.25) is 0 Å². The van der Waals surface area contributed by atoms with E-state index in [2.05, 4.69) is 6.92 Å². The number of rotatable bonds is 0. The smallest absolute Gasteiger partial charge is 0.201 e. The molecule has 2 bridgehead atoms. The summed E-state index contributed by atoms with van der Waals surface area (Å²) in [6, 6.07) is 0. The van der Waals surface area contributed by atoms with Gasteiger partial charge in [0.15, 0.2) is 11.9 Å². The van der Waals surface area contributed by atoms with Gasteiger partial charge in [-0.05, 0) is 38.0 Å². The molecular formula is C15H22O5. The van der Waals surface area contributed by atoms with Crippen molar-refractivity contribution in [2.45, 2.75) is 62.8 Å². The Kier molecular flexibility index (Phi) is 2.21. The van der Waals surface area contributed by atoms with Gasteiger partial charge in [-0.15, -0.1) is 0 Å². The normalized spacial score (nSPS) is 63.9. The summed E-state index contributed by atoms with van der Waals surface area (Å²) in [4.78, 5) is 11.8. The van der Waals surface area contributed by atoms with Gasteiger partial charge in [-0.2, -0.15) is 0 Å². The third-order valence-corrected chi connectivity index (χ3v) is 6.35. The van der Waals surface area contributed by atoms with Crippen LogP contribution in [0, 0.1) is 17.8 Å². The summed E-state index contributed by atoms with van der Waals surface area (Å²) >= 11 is 0. The van der Waals surface area contributed by atoms with Crippen LogP contribution in [-0.2, 0) is 24.0 Å². The number of hydrogen-bond acceptors (Lipinski definition) is 5. The molecule has 0 aromatic heterocycles. The Morgan fingerprint density at radius 1 is 1.05 bits per heavy atom. The Bertz CT molecular complexity index is 450. The molecule has 112 valence electrons. The zero-order valence-electron chi connectivity index (χ0n) is 12.1. The Morgan fingerprint density at radius 3 is 2.70 bits per heavy atom. The lowest BCUT2D eigenvalue weighted by Crippen LogP contribution is -2.71. The molecule has 0 N–H and O–H groups in total. The van der Waals surface area contributed by atoms with Crippen LogP contribution in [0.4, 0.5) is 0 Å². The molecule has 5 aliphatic heterocycles. The lowest BCUT2D eigenvalue weighted by molar-refractivity contribution is -0.567. The Morgan fingerprint density at radius 2 is 1.90 bits per heavy atom. The lowest BCUT2D eigenvalue weighted by Gasteiger charge is -2.58. The van der Waals surface area contributed by atoms with Crippen molar-refractivity contribution < 1.29 is 24.0 Å². The zero-order valence-corrected chi connectivity index (χ0v) is 12.1. The van der Waals surface area contributed by atoms with Crippen molar-refractivity contribution in [3.63, 3.8) is 0 Å². The molecule has 5 saturated heterocycles. The molecule has 0 amide bonds. The molecule has 0 aromatic rings. The van der Waals surface area contributed by atoms with Crippen LogP contribution in [0.5, 0.6) is 0 Å². The minimum atomic E-state index is -0.660. The molecule has 2 spiro atoms. The third-order valence-electron chi connectivity index (χ3n) is 6.35. The van der Waals surface area contributed by atoms with Gasteiger partial charge in [-0.3, -0.25) is 0 Å². The summed E-state index contributed by atoms with van der Waals surface area (Å²) in [7, 11) is 0. The molecule has 6 fully saturated rings. The minimum Gasteiger partial charge on any atom is -0.367 e. The van der Waals surface area contributed by atoms with E-state index in [1.165, 1.54) is 6.42 Å². The second kappa shape index (κ2) is 3.58. The van der Waals surface area contributed by atoms with Crippen molar-refractivity contribution in [3.8, 4) is 0 Å². The highest BCUT2D eigenvalue weighted by Gasteiger charge is 2.74. The number of ether oxygens (including phenoxy) is 3. The van der Waals surface area contributed by atoms with Crippen LogP contribution in [0.1, 0.15) is 39.5 Å². The van der Waals surface area contributed by atoms with Crippen molar-refractivity contribution in [2.75, 3.05) is 13.2 Å². The summed E-state index contributed by atoms with van der Waals surface area (Å²) in [5.41, 5.74) is -0.609. The van der Waals surface area contributed by atoms with Gasteiger partial charge in [-0.1, -0.05) is 6.92 Å². The fourth-order valence-electron chi connectivity index (χ4n) is 5.12. The molecule has 20 heavy (non-hydrogen) atoms. The molecule has 7 atom stereocenters. The van der Waals surface area contributed by atoms with E-state index in [-0.39, 0.29) is 11.9 Å². The Hall–Kier alpha value is -0.200. The van der Waals surface area contributed by atoms with E-state index < -0.39 is 11.4 Å². The average Bonchev–Trinajstić information content (AvgIpc) is 3.21. The van der Waals surface area contributed by atoms with Gasteiger partial charge in [0.25, 0.3) is 0 Å². The maximum absolute atomic E-state index is 6.17. The highest BCUT2D eigenvalue weighted by Crippen LogP contribution is 2.63. The van der Waals surface area contributed by atoms with E-state index in [1.54, 1.807) is 0 Å². The summed E-state index contributed by atoms with van der Waals surface area (Å²) < 4.78 is 18.0. The molecule has 5 heteroatoms. The van der Waals surface area contributed by atoms with Gasteiger partial charge in [0.2, 0.25) is 5.79 Å². The quantitative estimate of drug-likeness (QED) is 0.502. The first kappa shape index (κ1) is 12.4. The molecular weight excluding hydrogens is 260 g/mol. The second-order valence-electron chi connectivity index (χ2n) is 7.52. The molecule has 0 aromatic carbocycles. The van der Waals surface area contributed by atoms with Crippen LogP contribution in [-0.4, -0.2) is 36.5 Å². The van der Waals surface area contributed by atoms with Gasteiger partial charge < -0.3 is 14.2 Å². The van der Waals surface area contributed by atoms with Crippen LogP contribution in [0.3, 0.4) is 0 Å². The molecule has 5 heterocycles. The SMILES string of the molecule is C[C@@H]1CC[C@H]2[C@@]3(CO[C@@H]4O[C@@]5(C)CC[C@@H]1[C@]42OO5)CO3. The minimum absolute atomic E-state index is 0.139. The van der Waals surface area contributed by atoms with E-state index in [0.717, 1.165) is 25.9 Å². The number of fused-ring (bicyclic) bond motifs is 3. The van der Waals surface area contributed by atoms with E-state index in [0.29, 0.717) is 24.4 Å².